The molecule has 2 aliphatic rings. The highest BCUT2D eigenvalue weighted by molar-refractivity contribution is 6.33. The lowest BCUT2D eigenvalue weighted by Crippen LogP contribution is -2.39. The lowest BCUT2D eigenvalue weighted by molar-refractivity contribution is -0.141. The Morgan fingerprint density at radius 3 is 2.56 bits per heavy atom. The number of amides is 2. The minimum absolute atomic E-state index is 0.0856. The highest BCUT2D eigenvalue weighted by atomic mass is 35.5. The summed E-state index contributed by atoms with van der Waals surface area (Å²) >= 11 is 6.59. The zero-order valence-corrected chi connectivity index (χ0v) is 19.0. The number of benzene rings is 1. The van der Waals surface area contributed by atoms with E-state index in [2.05, 4.69) is 10.3 Å². The smallest absolute Gasteiger partial charge is 0.302 e. The lowest BCUT2D eigenvalue weighted by atomic mass is 10.1. The number of halogens is 1. The van der Waals surface area contributed by atoms with E-state index in [1.807, 2.05) is 6.07 Å². The van der Waals surface area contributed by atoms with Crippen LogP contribution in [0, 0.1) is 0 Å². The molecular formula is C22H29ClN4O5. The van der Waals surface area contributed by atoms with Crippen LogP contribution in [0.15, 0.2) is 17.1 Å². The summed E-state index contributed by atoms with van der Waals surface area (Å²) in [5.74, 6) is -0.0906. The summed E-state index contributed by atoms with van der Waals surface area (Å²) in [5.41, 5.74) is 6.71. The summed E-state index contributed by atoms with van der Waals surface area (Å²) in [6.07, 6.45) is 5.98. The van der Waals surface area contributed by atoms with Gasteiger partial charge >= 0.3 is 5.97 Å². The van der Waals surface area contributed by atoms with Crippen molar-refractivity contribution in [3.8, 4) is 5.75 Å². The molecule has 0 aromatic heterocycles. The van der Waals surface area contributed by atoms with Crippen LogP contribution in [0.4, 0.5) is 5.69 Å². The van der Waals surface area contributed by atoms with Gasteiger partial charge in [-0.05, 0) is 25.0 Å². The van der Waals surface area contributed by atoms with Gasteiger partial charge in [0.2, 0.25) is 17.8 Å². The number of aliphatic imine (C=N–C) groups is 1. The van der Waals surface area contributed by atoms with Crippen molar-refractivity contribution in [3.63, 3.8) is 0 Å². The number of primary amides is 1. The molecule has 9 nitrogen and oxygen atoms in total. The summed E-state index contributed by atoms with van der Waals surface area (Å²) < 4.78 is 10.8. The Morgan fingerprint density at radius 2 is 1.88 bits per heavy atom. The number of esters is 1. The molecule has 3 N–H and O–H groups in total. The van der Waals surface area contributed by atoms with Crippen LogP contribution in [0.2, 0.25) is 5.02 Å². The van der Waals surface area contributed by atoms with E-state index in [0.717, 1.165) is 44.1 Å². The second-order valence-corrected chi connectivity index (χ2v) is 8.30. The zero-order chi connectivity index (χ0) is 23.1. The van der Waals surface area contributed by atoms with Crippen molar-refractivity contribution < 1.29 is 23.9 Å². The Balaban J connectivity index is 1.46. The molecule has 32 heavy (non-hydrogen) atoms. The second-order valence-electron chi connectivity index (χ2n) is 7.92. The predicted molar refractivity (Wildman–Crippen MR) is 120 cm³/mol. The zero-order valence-electron chi connectivity index (χ0n) is 18.2. The van der Waals surface area contributed by atoms with E-state index >= 15 is 0 Å². The molecule has 3 rings (SSSR count). The molecule has 2 aliphatic heterocycles. The third-order valence-electron chi connectivity index (χ3n) is 5.42. The Labute approximate surface area is 192 Å². The van der Waals surface area contributed by atoms with Crippen LogP contribution in [0.25, 0.3) is 0 Å². The van der Waals surface area contributed by atoms with Crippen molar-refractivity contribution in [1.29, 1.82) is 0 Å². The highest BCUT2D eigenvalue weighted by Gasteiger charge is 2.40. The van der Waals surface area contributed by atoms with E-state index in [0.29, 0.717) is 42.2 Å². The van der Waals surface area contributed by atoms with Crippen molar-refractivity contribution in [2.75, 3.05) is 13.2 Å². The van der Waals surface area contributed by atoms with Gasteiger partial charge in [-0.25, -0.2) is 4.99 Å². The van der Waals surface area contributed by atoms with Crippen LogP contribution in [0.3, 0.4) is 0 Å². The standard InChI is InChI=1S/C22H29ClN4O5/c1-14(28)31-10-6-4-2-3-5-7-11-32-18-9-8-16-15(20(18)23)13-27-17(12-19(24)29)21(30)26-22(27)25-16/h8-9,17H,2-7,10-13H2,1H3,(H2,24,29)(H,25,26,30). The largest absolute Gasteiger partial charge is 0.492 e. The van der Waals surface area contributed by atoms with E-state index in [4.69, 9.17) is 26.8 Å². The number of hydrogen-bond acceptors (Lipinski definition) is 7. The number of nitrogens with zero attached hydrogens (tertiary/aromatic N) is 2. The van der Waals surface area contributed by atoms with Crippen LogP contribution in [-0.4, -0.2) is 47.9 Å². The SMILES string of the molecule is CC(=O)OCCCCCCCCOc1ccc2c(c1Cl)CN1C(=N2)NC(=O)C1CC(N)=O. The monoisotopic (exact) mass is 464 g/mol. The number of rotatable bonds is 12. The average molecular weight is 465 g/mol. The number of carbonyl (C=O) groups is 3. The van der Waals surface area contributed by atoms with Crippen LogP contribution >= 0.6 is 11.6 Å². The Hall–Kier alpha value is -2.81. The minimum atomic E-state index is -0.686. The van der Waals surface area contributed by atoms with Gasteiger partial charge in [0.15, 0.2) is 0 Å². The average Bonchev–Trinajstić information content (AvgIpc) is 3.03. The van der Waals surface area contributed by atoms with Gasteiger partial charge in [0, 0.05) is 12.5 Å². The van der Waals surface area contributed by atoms with Gasteiger partial charge in [-0.3, -0.25) is 19.7 Å². The normalized spacial score (nSPS) is 16.7. The first-order valence-corrected chi connectivity index (χ1v) is 11.3. The quantitative estimate of drug-likeness (QED) is 0.362. The van der Waals surface area contributed by atoms with Crippen LogP contribution in [0.5, 0.6) is 5.75 Å². The topological polar surface area (TPSA) is 123 Å². The van der Waals surface area contributed by atoms with E-state index in [-0.39, 0.29) is 18.3 Å². The molecule has 1 atom stereocenters. The summed E-state index contributed by atoms with van der Waals surface area (Å²) in [7, 11) is 0. The van der Waals surface area contributed by atoms with Crippen LogP contribution in [-0.2, 0) is 25.7 Å². The molecule has 1 aromatic carbocycles. The minimum Gasteiger partial charge on any atom is -0.492 e. The molecule has 1 saturated heterocycles. The second kappa shape index (κ2) is 11.2. The fraction of sp³-hybridized carbons (Fsp3) is 0.545. The first-order valence-electron chi connectivity index (χ1n) is 10.9. The molecule has 0 bridgehead atoms. The number of hydrogen-bond donors (Lipinski definition) is 2. The van der Waals surface area contributed by atoms with Gasteiger partial charge in [0.1, 0.15) is 11.8 Å². The van der Waals surface area contributed by atoms with Crippen molar-refractivity contribution in [2.45, 2.75) is 64.5 Å². The molecule has 2 amide bonds. The molecule has 0 aliphatic carbocycles. The first kappa shape index (κ1) is 23.8. The molecule has 1 fully saturated rings. The van der Waals surface area contributed by atoms with Gasteiger partial charge in [-0.15, -0.1) is 0 Å². The van der Waals surface area contributed by atoms with Crippen molar-refractivity contribution >= 4 is 41.0 Å². The molecule has 0 spiro atoms. The Bertz CT molecular complexity index is 905. The van der Waals surface area contributed by atoms with Gasteiger partial charge in [0.05, 0.1) is 36.9 Å². The molecule has 1 unspecified atom stereocenters. The number of nitrogens with one attached hydrogen (secondary N) is 1. The number of guanidine groups is 1. The van der Waals surface area contributed by atoms with Crippen LogP contribution < -0.4 is 15.8 Å². The summed E-state index contributed by atoms with van der Waals surface area (Å²) in [6.45, 7) is 2.80. The maximum absolute atomic E-state index is 12.2. The lowest BCUT2D eigenvalue weighted by Gasteiger charge is -2.28. The van der Waals surface area contributed by atoms with Crippen molar-refractivity contribution in [1.82, 2.24) is 10.2 Å². The van der Waals surface area contributed by atoms with Gasteiger partial charge in [-0.1, -0.05) is 37.3 Å². The van der Waals surface area contributed by atoms with Crippen molar-refractivity contribution in [2.24, 2.45) is 10.7 Å². The maximum atomic E-state index is 12.2. The molecular weight excluding hydrogens is 436 g/mol. The maximum Gasteiger partial charge on any atom is 0.302 e. The number of carbonyl (C=O) groups excluding carboxylic acids is 3. The predicted octanol–water partition coefficient (Wildman–Crippen LogP) is 2.80. The van der Waals surface area contributed by atoms with Crippen LogP contribution in [0.1, 0.15) is 57.4 Å². The van der Waals surface area contributed by atoms with E-state index < -0.39 is 11.9 Å². The number of fused-ring (bicyclic) bond motifs is 2. The molecule has 10 heteroatoms. The van der Waals surface area contributed by atoms with E-state index in [1.54, 1.807) is 11.0 Å². The first-order chi connectivity index (χ1) is 15.4. The number of nitrogens with two attached hydrogens (primary N) is 1. The third kappa shape index (κ3) is 6.12. The van der Waals surface area contributed by atoms with E-state index in [1.165, 1.54) is 6.92 Å². The summed E-state index contributed by atoms with van der Waals surface area (Å²) in [4.78, 5) is 40.4. The van der Waals surface area contributed by atoms with E-state index in [9.17, 15) is 14.4 Å². The Kier molecular flexibility index (Phi) is 8.33. The number of ether oxygens (including phenoxy) is 2. The fourth-order valence-electron chi connectivity index (χ4n) is 3.78. The summed E-state index contributed by atoms with van der Waals surface area (Å²) in [6, 6.07) is 2.92. The molecule has 174 valence electrons. The third-order valence-corrected chi connectivity index (χ3v) is 5.83. The highest BCUT2D eigenvalue weighted by Crippen LogP contribution is 2.39. The van der Waals surface area contributed by atoms with Gasteiger partial charge in [-0.2, -0.15) is 0 Å². The van der Waals surface area contributed by atoms with Crippen molar-refractivity contribution in [3.05, 3.63) is 22.7 Å². The molecule has 2 heterocycles. The summed E-state index contributed by atoms with van der Waals surface area (Å²) in [5, 5.41) is 3.16. The fourth-order valence-corrected chi connectivity index (χ4v) is 4.05. The molecule has 0 radical (unpaired) electrons. The van der Waals surface area contributed by atoms with Gasteiger partial charge < -0.3 is 20.1 Å². The Morgan fingerprint density at radius 1 is 1.19 bits per heavy atom. The number of unbranched alkanes of at least 4 members (excludes halogenated alkanes) is 5. The molecule has 1 aromatic rings. The molecule has 0 saturated carbocycles. The van der Waals surface area contributed by atoms with Gasteiger partial charge in [0.25, 0.3) is 0 Å².